The third kappa shape index (κ3) is 3.31. The summed E-state index contributed by atoms with van der Waals surface area (Å²) in [5.74, 6) is -1.24. The third-order valence-electron chi connectivity index (χ3n) is 1.23. The molecule has 1 rings (SSSR count). The molecule has 0 aliphatic carbocycles. The van der Waals surface area contributed by atoms with Crippen LogP contribution < -0.4 is 0 Å². The quantitative estimate of drug-likeness (QED) is 0.441. The van der Waals surface area contributed by atoms with Gasteiger partial charge in [0.25, 0.3) is 0 Å². The van der Waals surface area contributed by atoms with Crippen LogP contribution >= 0.6 is 0 Å². The number of carbonyl (C=O) groups excluding carboxylic acids is 1. The number of esters is 1. The van der Waals surface area contributed by atoms with E-state index in [4.69, 9.17) is 9.84 Å². The Kier molecular flexibility index (Phi) is 4.42. The fraction of sp³-hybridized carbons (Fsp3) is 0.250. The normalized spacial score (nSPS) is 18.1. The molecule has 0 aromatic rings. The fourth-order valence-electron chi connectivity index (χ4n) is 0.706. The van der Waals surface area contributed by atoms with Crippen molar-refractivity contribution in [1.29, 1.82) is 0 Å². The van der Waals surface area contributed by atoms with Crippen LogP contribution in [0, 0.1) is 0 Å². The molecule has 1 N–H and O–H groups in total. The van der Waals surface area contributed by atoms with E-state index in [-0.39, 0.29) is 35.9 Å². The van der Waals surface area contributed by atoms with E-state index in [1.54, 1.807) is 11.9 Å². The van der Waals surface area contributed by atoms with E-state index < -0.39 is 5.97 Å². The molecular weight excluding hydrogens is 318 g/mol. The molecule has 0 saturated heterocycles. The van der Waals surface area contributed by atoms with Crippen molar-refractivity contribution >= 4 is 41.9 Å². The number of carboxylic acid groups (broad SMARTS) is 1. The van der Waals surface area contributed by atoms with Gasteiger partial charge in [0.1, 0.15) is 0 Å². The van der Waals surface area contributed by atoms with Gasteiger partial charge in [-0.15, -0.1) is 0 Å². The predicted octanol–water partition coefficient (Wildman–Crippen LogP) is -0.261. The first-order chi connectivity index (χ1) is 6.63. The van der Waals surface area contributed by atoms with Crippen LogP contribution in [0.5, 0.6) is 0 Å². The molecular formula is C8H8O4Se2. The Hall–Kier alpha value is -0.541. The summed E-state index contributed by atoms with van der Waals surface area (Å²) in [5, 5.41) is 8.68. The van der Waals surface area contributed by atoms with Crippen molar-refractivity contribution < 1.29 is 19.4 Å². The number of rotatable bonds is 3. The summed E-state index contributed by atoms with van der Waals surface area (Å²) in [6.45, 7) is 2.09. The van der Waals surface area contributed by atoms with Crippen molar-refractivity contribution in [3.05, 3.63) is 18.9 Å². The van der Waals surface area contributed by atoms with Crippen molar-refractivity contribution in [2.75, 3.05) is 6.61 Å². The minimum absolute atomic E-state index is 0.0144. The van der Waals surface area contributed by atoms with Crippen LogP contribution in [0.2, 0.25) is 0 Å². The molecule has 0 atom stereocenters. The van der Waals surface area contributed by atoms with Gasteiger partial charge in [0, 0.05) is 0 Å². The number of carbonyl (C=O) groups is 2. The fourth-order valence-corrected chi connectivity index (χ4v) is 5.97. The molecule has 1 aliphatic rings. The standard InChI is InChI=1S/C8H8O4Se2/c1-2-12-6(9)3-7-13-4-5(14-7)8(10)11/h3-4H,2H2,1H3,(H,10,11)/b7-3-. The molecule has 0 fully saturated rings. The number of aliphatic carboxylic acids is 1. The zero-order chi connectivity index (χ0) is 10.6. The molecule has 0 bridgehead atoms. The zero-order valence-electron chi connectivity index (χ0n) is 7.35. The Morgan fingerprint density at radius 2 is 2.36 bits per heavy atom. The summed E-state index contributed by atoms with van der Waals surface area (Å²) in [5.41, 5.74) is 0. The second kappa shape index (κ2) is 5.37. The van der Waals surface area contributed by atoms with Crippen LogP contribution in [0.25, 0.3) is 0 Å². The number of hydrogen-bond acceptors (Lipinski definition) is 3. The third-order valence-corrected chi connectivity index (χ3v) is 7.16. The van der Waals surface area contributed by atoms with Crippen molar-refractivity contribution in [2.45, 2.75) is 6.92 Å². The molecule has 0 aromatic heterocycles. The summed E-state index contributed by atoms with van der Waals surface area (Å²) in [6, 6.07) is 0. The van der Waals surface area contributed by atoms with Crippen molar-refractivity contribution in [1.82, 2.24) is 0 Å². The Morgan fingerprint density at radius 1 is 1.64 bits per heavy atom. The maximum absolute atomic E-state index is 11.0. The van der Waals surface area contributed by atoms with Gasteiger partial charge in [-0.3, -0.25) is 0 Å². The van der Waals surface area contributed by atoms with Crippen LogP contribution in [0.15, 0.2) is 18.9 Å². The number of hydrogen-bond donors (Lipinski definition) is 1. The van der Waals surface area contributed by atoms with Gasteiger partial charge in [-0.2, -0.15) is 0 Å². The average molecular weight is 326 g/mol. The molecule has 1 aliphatic heterocycles. The Bertz CT molecular complexity index is 319. The second-order valence-electron chi connectivity index (χ2n) is 2.22. The van der Waals surface area contributed by atoms with Crippen LogP contribution in [-0.2, 0) is 14.3 Å². The molecule has 4 nitrogen and oxygen atoms in total. The average Bonchev–Trinajstić information content (AvgIpc) is 2.53. The van der Waals surface area contributed by atoms with Gasteiger partial charge in [-0.25, -0.2) is 0 Å². The summed E-state index contributed by atoms with van der Waals surface area (Å²) >= 11 is -0.181. The first-order valence-electron chi connectivity index (χ1n) is 3.80. The van der Waals surface area contributed by atoms with E-state index in [9.17, 15) is 9.59 Å². The Balaban J connectivity index is 2.53. The first-order valence-corrected chi connectivity index (χ1v) is 7.35. The predicted molar refractivity (Wildman–Crippen MR) is 51.9 cm³/mol. The molecule has 0 amide bonds. The SMILES string of the molecule is CCOC(=O)/C=C1/[Se]C=C(C(=O)O)[Se]1. The molecule has 0 spiro atoms. The van der Waals surface area contributed by atoms with Crippen molar-refractivity contribution in [3.8, 4) is 0 Å². The molecule has 14 heavy (non-hydrogen) atoms. The van der Waals surface area contributed by atoms with E-state index in [1.165, 1.54) is 6.08 Å². The summed E-state index contributed by atoms with van der Waals surface area (Å²) in [7, 11) is 0. The van der Waals surface area contributed by atoms with E-state index in [0.29, 0.717) is 11.1 Å². The van der Waals surface area contributed by atoms with Gasteiger partial charge in [-0.05, 0) is 0 Å². The molecule has 6 heteroatoms. The number of carboxylic acids is 1. The Labute approximate surface area is 93.7 Å². The monoisotopic (exact) mass is 328 g/mol. The second-order valence-corrected chi connectivity index (χ2v) is 7.72. The van der Waals surface area contributed by atoms with Crippen LogP contribution in [-0.4, -0.2) is 53.6 Å². The summed E-state index contributed by atoms with van der Waals surface area (Å²) in [4.78, 5) is 23.3. The zero-order valence-corrected chi connectivity index (χ0v) is 10.8. The van der Waals surface area contributed by atoms with Gasteiger partial charge in [0.05, 0.1) is 0 Å². The first kappa shape index (κ1) is 11.5. The van der Waals surface area contributed by atoms with Crippen LogP contribution in [0.1, 0.15) is 6.92 Å². The van der Waals surface area contributed by atoms with Crippen LogP contribution in [0.3, 0.4) is 0 Å². The minimum atomic E-state index is -0.876. The number of ether oxygens (including phenoxy) is 1. The summed E-state index contributed by atoms with van der Waals surface area (Å²) in [6.07, 6.45) is 1.43. The van der Waals surface area contributed by atoms with Gasteiger partial charge in [-0.1, -0.05) is 0 Å². The molecule has 1 heterocycles. The van der Waals surface area contributed by atoms with E-state index in [1.807, 2.05) is 0 Å². The molecule has 76 valence electrons. The van der Waals surface area contributed by atoms with Crippen molar-refractivity contribution in [2.24, 2.45) is 0 Å². The van der Waals surface area contributed by atoms with Crippen molar-refractivity contribution in [3.63, 3.8) is 0 Å². The van der Waals surface area contributed by atoms with Gasteiger partial charge < -0.3 is 0 Å². The van der Waals surface area contributed by atoms with Gasteiger partial charge in [0.15, 0.2) is 0 Å². The van der Waals surface area contributed by atoms with E-state index >= 15 is 0 Å². The Morgan fingerprint density at radius 3 is 2.86 bits per heavy atom. The molecule has 0 aromatic carbocycles. The maximum atomic E-state index is 11.0. The van der Waals surface area contributed by atoms with Gasteiger partial charge in [0.2, 0.25) is 0 Å². The van der Waals surface area contributed by atoms with Crippen LogP contribution in [0.4, 0.5) is 0 Å². The van der Waals surface area contributed by atoms with Gasteiger partial charge >= 0.3 is 93.7 Å². The molecule has 0 radical (unpaired) electrons. The molecule has 0 unspecified atom stereocenters. The topological polar surface area (TPSA) is 63.6 Å². The van der Waals surface area contributed by atoms with E-state index in [2.05, 4.69) is 0 Å². The summed E-state index contributed by atoms with van der Waals surface area (Å²) < 4.78 is 6.09. The van der Waals surface area contributed by atoms with E-state index in [0.717, 1.165) is 3.37 Å². The molecule has 0 saturated carbocycles.